The van der Waals surface area contributed by atoms with Gasteiger partial charge in [-0.2, -0.15) is 5.10 Å². The van der Waals surface area contributed by atoms with Gasteiger partial charge in [-0.1, -0.05) is 23.4 Å². The van der Waals surface area contributed by atoms with Gasteiger partial charge in [-0.25, -0.2) is 5.43 Å². The molecule has 3 rings (SSSR count). The van der Waals surface area contributed by atoms with Crippen molar-refractivity contribution in [3.63, 3.8) is 0 Å². The number of amides is 1. The SMILES string of the molecule is Cc1ccc(C=NNC(=O)CSc2nnc(-c3ccc(Cl)cc3)n2C)o1. The Labute approximate surface area is 159 Å². The number of halogens is 1. The Morgan fingerprint density at radius 3 is 2.77 bits per heavy atom. The smallest absolute Gasteiger partial charge is 0.250 e. The van der Waals surface area contributed by atoms with Crippen LogP contribution in [0.2, 0.25) is 5.02 Å². The number of rotatable bonds is 6. The van der Waals surface area contributed by atoms with Crippen LogP contribution in [-0.2, 0) is 11.8 Å². The van der Waals surface area contributed by atoms with Crippen LogP contribution in [-0.4, -0.2) is 32.6 Å². The zero-order valence-electron chi connectivity index (χ0n) is 14.1. The van der Waals surface area contributed by atoms with E-state index >= 15 is 0 Å². The fourth-order valence-corrected chi connectivity index (χ4v) is 2.97. The van der Waals surface area contributed by atoms with E-state index in [-0.39, 0.29) is 11.7 Å². The number of furan rings is 1. The third-order valence-electron chi connectivity index (χ3n) is 3.41. The second-order valence-electron chi connectivity index (χ2n) is 5.40. The van der Waals surface area contributed by atoms with E-state index in [1.54, 1.807) is 18.2 Å². The van der Waals surface area contributed by atoms with Crippen molar-refractivity contribution in [3.05, 3.63) is 52.9 Å². The maximum Gasteiger partial charge on any atom is 0.250 e. The lowest BCUT2D eigenvalue weighted by atomic mass is 10.2. The van der Waals surface area contributed by atoms with E-state index in [4.69, 9.17) is 16.0 Å². The molecule has 0 saturated heterocycles. The molecule has 0 bridgehead atoms. The normalized spacial score (nSPS) is 11.2. The monoisotopic (exact) mass is 389 g/mol. The van der Waals surface area contributed by atoms with Gasteiger partial charge in [0.15, 0.2) is 11.0 Å². The Balaban J connectivity index is 1.55. The van der Waals surface area contributed by atoms with Gasteiger partial charge in [0.05, 0.1) is 12.0 Å². The van der Waals surface area contributed by atoms with Gasteiger partial charge in [0.2, 0.25) is 0 Å². The second kappa shape index (κ2) is 8.20. The van der Waals surface area contributed by atoms with Crippen LogP contribution in [0.4, 0.5) is 0 Å². The molecule has 0 saturated carbocycles. The molecule has 0 fully saturated rings. The van der Waals surface area contributed by atoms with E-state index in [0.717, 1.165) is 11.3 Å². The molecule has 0 aliphatic rings. The van der Waals surface area contributed by atoms with E-state index in [0.29, 0.717) is 21.8 Å². The zero-order valence-corrected chi connectivity index (χ0v) is 15.7. The first-order chi connectivity index (χ1) is 12.5. The molecule has 0 unspecified atom stereocenters. The molecule has 9 heteroatoms. The van der Waals surface area contributed by atoms with Crippen LogP contribution in [0.3, 0.4) is 0 Å². The van der Waals surface area contributed by atoms with Crippen molar-refractivity contribution >= 4 is 35.5 Å². The minimum Gasteiger partial charge on any atom is -0.460 e. The van der Waals surface area contributed by atoms with Gasteiger partial charge in [0.1, 0.15) is 11.5 Å². The number of benzene rings is 1. The minimum atomic E-state index is -0.245. The Bertz CT molecular complexity index is 933. The fraction of sp³-hybridized carbons (Fsp3) is 0.176. The third kappa shape index (κ3) is 4.53. The van der Waals surface area contributed by atoms with Crippen LogP contribution in [0.15, 0.2) is 51.1 Å². The average Bonchev–Trinajstić information content (AvgIpc) is 3.20. The van der Waals surface area contributed by atoms with Gasteiger partial charge in [-0.05, 0) is 43.3 Å². The number of nitrogens with one attached hydrogen (secondary N) is 1. The molecule has 0 atom stereocenters. The number of carbonyl (C=O) groups excluding carboxylic acids is 1. The Morgan fingerprint density at radius 1 is 1.31 bits per heavy atom. The number of hydrazone groups is 1. The summed E-state index contributed by atoms with van der Waals surface area (Å²) in [6, 6.07) is 10.9. The topological polar surface area (TPSA) is 85.3 Å². The number of aromatic nitrogens is 3. The van der Waals surface area contributed by atoms with E-state index < -0.39 is 0 Å². The van der Waals surface area contributed by atoms with Crippen molar-refractivity contribution in [2.45, 2.75) is 12.1 Å². The van der Waals surface area contributed by atoms with Crippen LogP contribution in [0, 0.1) is 6.92 Å². The van der Waals surface area contributed by atoms with Gasteiger partial charge in [-0.3, -0.25) is 4.79 Å². The molecule has 26 heavy (non-hydrogen) atoms. The Morgan fingerprint density at radius 2 is 2.08 bits per heavy atom. The molecule has 1 N–H and O–H groups in total. The zero-order chi connectivity index (χ0) is 18.5. The summed E-state index contributed by atoms with van der Waals surface area (Å²) < 4.78 is 7.16. The molecule has 3 aromatic rings. The van der Waals surface area contributed by atoms with Crippen LogP contribution in [0.25, 0.3) is 11.4 Å². The Kier molecular flexibility index (Phi) is 5.75. The molecule has 1 aromatic carbocycles. The molecule has 2 heterocycles. The van der Waals surface area contributed by atoms with E-state index in [1.165, 1.54) is 18.0 Å². The van der Waals surface area contributed by atoms with E-state index in [2.05, 4.69) is 20.7 Å². The molecule has 7 nitrogen and oxygen atoms in total. The first kappa shape index (κ1) is 18.2. The lowest BCUT2D eigenvalue weighted by molar-refractivity contribution is -0.118. The van der Waals surface area contributed by atoms with Crippen molar-refractivity contribution in [2.75, 3.05) is 5.75 Å². The third-order valence-corrected chi connectivity index (χ3v) is 4.68. The van der Waals surface area contributed by atoms with E-state index in [9.17, 15) is 4.79 Å². The predicted octanol–water partition coefficient (Wildman–Crippen LogP) is 3.28. The predicted molar refractivity (Wildman–Crippen MR) is 101 cm³/mol. The van der Waals surface area contributed by atoms with Gasteiger partial charge in [0, 0.05) is 17.6 Å². The average molecular weight is 390 g/mol. The van der Waals surface area contributed by atoms with Crippen molar-refractivity contribution in [1.29, 1.82) is 0 Å². The molecular weight excluding hydrogens is 374 g/mol. The number of hydrogen-bond donors (Lipinski definition) is 1. The number of carbonyl (C=O) groups is 1. The molecule has 0 spiro atoms. The van der Waals surface area contributed by atoms with E-state index in [1.807, 2.05) is 36.7 Å². The Hall–Kier alpha value is -2.58. The highest BCUT2D eigenvalue weighted by atomic mass is 35.5. The standard InChI is InChI=1S/C17H16ClN5O2S/c1-11-3-8-14(25-11)9-19-20-15(24)10-26-17-22-21-16(23(17)2)12-4-6-13(18)7-5-12/h3-9H,10H2,1-2H3,(H,20,24). The highest BCUT2D eigenvalue weighted by molar-refractivity contribution is 7.99. The highest BCUT2D eigenvalue weighted by Gasteiger charge is 2.12. The molecule has 0 aliphatic carbocycles. The van der Waals surface area contributed by atoms with Crippen molar-refractivity contribution in [1.82, 2.24) is 20.2 Å². The van der Waals surface area contributed by atoms with Crippen LogP contribution in [0.1, 0.15) is 11.5 Å². The largest absolute Gasteiger partial charge is 0.460 e. The summed E-state index contributed by atoms with van der Waals surface area (Å²) >= 11 is 7.18. The van der Waals surface area contributed by atoms with Gasteiger partial charge >= 0.3 is 0 Å². The molecule has 1 amide bonds. The van der Waals surface area contributed by atoms with Crippen LogP contribution >= 0.6 is 23.4 Å². The minimum absolute atomic E-state index is 0.168. The van der Waals surface area contributed by atoms with Crippen molar-refractivity contribution in [2.24, 2.45) is 12.1 Å². The van der Waals surface area contributed by atoms with Crippen molar-refractivity contribution < 1.29 is 9.21 Å². The molecule has 0 aliphatic heterocycles. The summed E-state index contributed by atoms with van der Waals surface area (Å²) in [5, 5.41) is 13.5. The lowest BCUT2D eigenvalue weighted by Crippen LogP contribution is -2.19. The van der Waals surface area contributed by atoms with Crippen molar-refractivity contribution in [3.8, 4) is 11.4 Å². The molecule has 0 radical (unpaired) electrons. The summed E-state index contributed by atoms with van der Waals surface area (Å²) in [5.74, 6) is 1.99. The van der Waals surface area contributed by atoms with Crippen LogP contribution < -0.4 is 5.43 Å². The first-order valence-corrected chi connectivity index (χ1v) is 9.06. The van der Waals surface area contributed by atoms with Gasteiger partial charge in [0.25, 0.3) is 5.91 Å². The highest BCUT2D eigenvalue weighted by Crippen LogP contribution is 2.23. The quantitative estimate of drug-likeness (QED) is 0.397. The first-order valence-electron chi connectivity index (χ1n) is 7.69. The number of nitrogens with zero attached hydrogens (tertiary/aromatic N) is 4. The maximum atomic E-state index is 11.9. The molecule has 134 valence electrons. The number of thioether (sulfide) groups is 1. The van der Waals surface area contributed by atoms with Gasteiger partial charge < -0.3 is 8.98 Å². The summed E-state index contributed by atoms with van der Waals surface area (Å²) in [6.45, 7) is 1.84. The number of hydrogen-bond acceptors (Lipinski definition) is 6. The fourth-order valence-electron chi connectivity index (χ4n) is 2.14. The molecular formula is C17H16ClN5O2S. The number of aryl methyl sites for hydroxylation is 1. The maximum absolute atomic E-state index is 11.9. The lowest BCUT2D eigenvalue weighted by Gasteiger charge is -2.03. The summed E-state index contributed by atoms with van der Waals surface area (Å²) in [5.41, 5.74) is 3.35. The summed E-state index contributed by atoms with van der Waals surface area (Å²) in [4.78, 5) is 11.9. The van der Waals surface area contributed by atoms with Crippen LogP contribution in [0.5, 0.6) is 0 Å². The second-order valence-corrected chi connectivity index (χ2v) is 6.78. The molecule has 2 aromatic heterocycles. The van der Waals surface area contributed by atoms with Gasteiger partial charge in [-0.15, -0.1) is 10.2 Å². The summed E-state index contributed by atoms with van der Waals surface area (Å²) in [7, 11) is 1.85. The summed E-state index contributed by atoms with van der Waals surface area (Å²) in [6.07, 6.45) is 1.45.